The number of benzene rings is 2. The molecule has 204 valence electrons. The molecule has 0 aliphatic carbocycles. The summed E-state index contributed by atoms with van der Waals surface area (Å²) in [6.45, 7) is 4.89. The SMILES string of the molecule is COc1cc2c(Oc3ccc(NC(=O)c4ccn(C)n4)cc3F)ccnc2cc1OCCCN1CCOCC1. The van der Waals surface area contributed by atoms with Crippen LogP contribution in [0.5, 0.6) is 23.0 Å². The average molecular weight is 536 g/mol. The molecule has 1 aliphatic heterocycles. The summed E-state index contributed by atoms with van der Waals surface area (Å²) in [6, 6.07) is 11.0. The first kappa shape index (κ1) is 26.4. The second-order valence-corrected chi connectivity index (χ2v) is 9.06. The summed E-state index contributed by atoms with van der Waals surface area (Å²) in [5, 5.41) is 7.32. The Morgan fingerprint density at radius 1 is 1.08 bits per heavy atom. The van der Waals surface area contributed by atoms with Crippen molar-refractivity contribution < 1.29 is 28.1 Å². The van der Waals surface area contributed by atoms with Gasteiger partial charge in [0.05, 0.1) is 32.4 Å². The minimum absolute atomic E-state index is 0.000686. The van der Waals surface area contributed by atoms with Crippen LogP contribution in [-0.4, -0.2) is 72.1 Å². The van der Waals surface area contributed by atoms with Gasteiger partial charge >= 0.3 is 0 Å². The van der Waals surface area contributed by atoms with E-state index in [-0.39, 0.29) is 17.1 Å². The average Bonchev–Trinajstić information content (AvgIpc) is 3.39. The van der Waals surface area contributed by atoms with Gasteiger partial charge in [-0.25, -0.2) is 4.39 Å². The predicted octanol–water partition coefficient (Wildman–Crippen LogP) is 4.26. The minimum atomic E-state index is -0.633. The van der Waals surface area contributed by atoms with Gasteiger partial charge in [0.15, 0.2) is 28.8 Å². The number of halogens is 1. The number of anilines is 1. The Labute approximate surface area is 225 Å². The summed E-state index contributed by atoms with van der Waals surface area (Å²) in [4.78, 5) is 19.1. The Morgan fingerprint density at radius 3 is 2.67 bits per heavy atom. The van der Waals surface area contributed by atoms with Gasteiger partial charge in [-0.15, -0.1) is 0 Å². The molecule has 1 saturated heterocycles. The molecule has 0 spiro atoms. The number of carbonyl (C=O) groups is 1. The van der Waals surface area contributed by atoms with Crippen LogP contribution in [0.25, 0.3) is 10.9 Å². The fourth-order valence-corrected chi connectivity index (χ4v) is 4.30. The molecule has 3 heterocycles. The van der Waals surface area contributed by atoms with Crippen molar-refractivity contribution in [1.29, 1.82) is 0 Å². The third-order valence-corrected chi connectivity index (χ3v) is 6.32. The predicted molar refractivity (Wildman–Crippen MR) is 143 cm³/mol. The molecular weight excluding hydrogens is 505 g/mol. The van der Waals surface area contributed by atoms with Crippen molar-refractivity contribution in [3.8, 4) is 23.0 Å². The number of pyridine rings is 1. The number of aromatic nitrogens is 3. The molecule has 2 aromatic carbocycles. The van der Waals surface area contributed by atoms with E-state index >= 15 is 0 Å². The normalized spacial score (nSPS) is 13.8. The Morgan fingerprint density at radius 2 is 1.92 bits per heavy atom. The fourth-order valence-electron chi connectivity index (χ4n) is 4.30. The standard InChI is InChI=1S/C28H30FN5O5/c1-33-10-7-22(32-33)28(35)31-19-4-5-25(21(29)16-19)39-24-6-8-30-23-18-27(26(36-2)17-20(23)24)38-13-3-9-34-11-14-37-15-12-34/h4-8,10,16-18H,3,9,11-15H2,1-2H3,(H,31,35). The molecule has 0 atom stereocenters. The maximum Gasteiger partial charge on any atom is 0.276 e. The number of fused-ring (bicyclic) bond motifs is 1. The second kappa shape index (κ2) is 12.1. The van der Waals surface area contributed by atoms with Gasteiger partial charge < -0.3 is 24.3 Å². The van der Waals surface area contributed by atoms with E-state index in [0.29, 0.717) is 34.8 Å². The second-order valence-electron chi connectivity index (χ2n) is 9.06. The quantitative estimate of drug-likeness (QED) is 0.301. The van der Waals surface area contributed by atoms with Gasteiger partial charge in [-0.2, -0.15) is 5.10 Å². The van der Waals surface area contributed by atoms with Crippen LogP contribution in [-0.2, 0) is 11.8 Å². The number of nitrogens with zero attached hydrogens (tertiary/aromatic N) is 4. The first-order valence-electron chi connectivity index (χ1n) is 12.7. The number of carbonyl (C=O) groups excluding carboxylic acids is 1. The van der Waals surface area contributed by atoms with Crippen molar-refractivity contribution in [2.24, 2.45) is 7.05 Å². The summed E-state index contributed by atoms with van der Waals surface area (Å²) in [5.74, 6) is 0.443. The van der Waals surface area contributed by atoms with Crippen LogP contribution < -0.4 is 19.5 Å². The largest absolute Gasteiger partial charge is 0.493 e. The lowest BCUT2D eigenvalue weighted by Gasteiger charge is -2.26. The van der Waals surface area contributed by atoms with E-state index in [4.69, 9.17) is 18.9 Å². The molecule has 4 aromatic rings. The molecule has 0 bridgehead atoms. The van der Waals surface area contributed by atoms with E-state index < -0.39 is 11.7 Å². The highest BCUT2D eigenvalue weighted by Crippen LogP contribution is 2.38. The molecule has 2 aromatic heterocycles. The zero-order valence-corrected chi connectivity index (χ0v) is 21.9. The van der Waals surface area contributed by atoms with Gasteiger partial charge in [-0.05, 0) is 36.8 Å². The van der Waals surface area contributed by atoms with Gasteiger partial charge in [-0.3, -0.25) is 19.4 Å². The van der Waals surface area contributed by atoms with Crippen molar-refractivity contribution in [3.05, 3.63) is 66.4 Å². The highest BCUT2D eigenvalue weighted by atomic mass is 19.1. The van der Waals surface area contributed by atoms with Crippen LogP contribution in [0, 0.1) is 5.82 Å². The maximum absolute atomic E-state index is 14.9. The number of hydrogen-bond donors (Lipinski definition) is 1. The monoisotopic (exact) mass is 535 g/mol. The van der Waals surface area contributed by atoms with Gasteiger partial charge in [0.2, 0.25) is 0 Å². The third-order valence-electron chi connectivity index (χ3n) is 6.32. The first-order valence-corrected chi connectivity index (χ1v) is 12.7. The van der Waals surface area contributed by atoms with E-state index in [1.54, 1.807) is 56.9 Å². The summed E-state index contributed by atoms with van der Waals surface area (Å²) >= 11 is 0. The lowest BCUT2D eigenvalue weighted by atomic mass is 10.1. The smallest absolute Gasteiger partial charge is 0.276 e. The fraction of sp³-hybridized carbons (Fsp3) is 0.321. The third kappa shape index (κ3) is 6.44. The number of methoxy groups -OCH3 is 1. The van der Waals surface area contributed by atoms with E-state index in [0.717, 1.165) is 39.3 Å². The van der Waals surface area contributed by atoms with Crippen molar-refractivity contribution in [2.45, 2.75) is 6.42 Å². The number of nitrogens with one attached hydrogen (secondary N) is 1. The maximum atomic E-state index is 14.9. The van der Waals surface area contributed by atoms with E-state index in [2.05, 4.69) is 20.3 Å². The van der Waals surface area contributed by atoms with Crippen molar-refractivity contribution in [2.75, 3.05) is 51.9 Å². The van der Waals surface area contributed by atoms with Crippen LogP contribution in [0.15, 0.2) is 54.9 Å². The highest BCUT2D eigenvalue weighted by Gasteiger charge is 2.16. The molecule has 39 heavy (non-hydrogen) atoms. The molecule has 1 fully saturated rings. The topological polar surface area (TPSA) is 100.0 Å². The molecule has 1 aliphatic rings. The zero-order chi connectivity index (χ0) is 27.2. The summed E-state index contributed by atoms with van der Waals surface area (Å²) in [7, 11) is 3.28. The van der Waals surface area contributed by atoms with Gasteiger partial charge in [-0.1, -0.05) is 0 Å². The van der Waals surface area contributed by atoms with Crippen LogP contribution in [0.2, 0.25) is 0 Å². The summed E-state index contributed by atoms with van der Waals surface area (Å²) in [5.41, 5.74) is 1.14. The lowest BCUT2D eigenvalue weighted by Crippen LogP contribution is -2.37. The lowest BCUT2D eigenvalue weighted by molar-refractivity contribution is 0.0357. The molecule has 0 saturated carbocycles. The minimum Gasteiger partial charge on any atom is -0.493 e. The highest BCUT2D eigenvalue weighted by molar-refractivity contribution is 6.02. The van der Waals surface area contributed by atoms with Crippen molar-refractivity contribution in [1.82, 2.24) is 19.7 Å². The Balaban J connectivity index is 1.27. The Hall–Kier alpha value is -4.22. The van der Waals surface area contributed by atoms with Crippen LogP contribution >= 0.6 is 0 Å². The number of hydrogen-bond acceptors (Lipinski definition) is 8. The molecule has 0 radical (unpaired) electrons. The molecule has 5 rings (SSSR count). The summed E-state index contributed by atoms with van der Waals surface area (Å²) in [6.07, 6.45) is 4.11. The molecule has 10 nitrogen and oxygen atoms in total. The van der Waals surface area contributed by atoms with E-state index in [1.165, 1.54) is 16.8 Å². The zero-order valence-electron chi connectivity index (χ0n) is 21.9. The Bertz CT molecular complexity index is 1450. The first-order chi connectivity index (χ1) is 19.0. The van der Waals surface area contributed by atoms with Crippen LogP contribution in [0.1, 0.15) is 16.9 Å². The van der Waals surface area contributed by atoms with Gasteiger partial charge in [0, 0.05) is 62.3 Å². The number of amides is 1. The van der Waals surface area contributed by atoms with E-state index in [9.17, 15) is 9.18 Å². The van der Waals surface area contributed by atoms with Crippen molar-refractivity contribution >= 4 is 22.5 Å². The van der Waals surface area contributed by atoms with Gasteiger partial charge in [0.25, 0.3) is 5.91 Å². The van der Waals surface area contributed by atoms with Crippen LogP contribution in [0.4, 0.5) is 10.1 Å². The molecule has 1 amide bonds. The Kier molecular flexibility index (Phi) is 8.18. The molecular formula is C28H30FN5O5. The number of rotatable bonds is 10. The van der Waals surface area contributed by atoms with Crippen molar-refractivity contribution in [3.63, 3.8) is 0 Å². The number of aryl methyl sites for hydroxylation is 1. The van der Waals surface area contributed by atoms with Crippen LogP contribution in [0.3, 0.4) is 0 Å². The van der Waals surface area contributed by atoms with Gasteiger partial charge in [0.1, 0.15) is 5.75 Å². The number of morpholine rings is 1. The van der Waals surface area contributed by atoms with E-state index in [1.807, 2.05) is 0 Å². The molecule has 0 unspecified atom stereocenters. The number of ether oxygens (including phenoxy) is 4. The molecule has 1 N–H and O–H groups in total. The summed E-state index contributed by atoms with van der Waals surface area (Å²) < 4.78 is 39.4. The molecule has 11 heteroatoms.